The van der Waals surface area contributed by atoms with Crippen LogP contribution in [0.15, 0.2) is 0 Å². The summed E-state index contributed by atoms with van der Waals surface area (Å²) in [7, 11) is 0. The Morgan fingerprint density at radius 3 is 3.00 bits per heavy atom. The highest BCUT2D eigenvalue weighted by atomic mass is 16.5. The number of rotatable bonds is 1. The second kappa shape index (κ2) is 2.94. The third-order valence-corrected chi connectivity index (χ3v) is 1.32. The quantitative estimate of drug-likeness (QED) is 0.528. The SMILES string of the molecule is CC(=O)C1CO[CH]CN1. The number of ether oxygens (including phenoxy) is 1. The number of Topliss-reactive ketones (excluding diaryl/α,β-unsaturated/α-hetero) is 1. The fourth-order valence-corrected chi connectivity index (χ4v) is 0.734. The molecule has 1 saturated heterocycles. The van der Waals surface area contributed by atoms with E-state index in [2.05, 4.69) is 5.32 Å². The van der Waals surface area contributed by atoms with Crippen LogP contribution in [-0.2, 0) is 9.53 Å². The van der Waals surface area contributed by atoms with Crippen molar-refractivity contribution >= 4 is 5.78 Å². The van der Waals surface area contributed by atoms with E-state index in [1.807, 2.05) is 0 Å². The molecular weight excluding hydrogens is 118 g/mol. The minimum atomic E-state index is -0.0880. The molecule has 0 spiro atoms. The highest BCUT2D eigenvalue weighted by Crippen LogP contribution is 1.95. The largest absolute Gasteiger partial charge is 0.372 e. The molecule has 3 heteroatoms. The van der Waals surface area contributed by atoms with Gasteiger partial charge in [-0.1, -0.05) is 0 Å². The number of hydrogen-bond donors (Lipinski definition) is 1. The van der Waals surface area contributed by atoms with Crippen LogP contribution in [0.4, 0.5) is 0 Å². The van der Waals surface area contributed by atoms with Gasteiger partial charge in [0.2, 0.25) is 0 Å². The van der Waals surface area contributed by atoms with Crippen molar-refractivity contribution in [3.05, 3.63) is 6.61 Å². The zero-order valence-electron chi connectivity index (χ0n) is 5.39. The first-order valence-corrected chi connectivity index (χ1v) is 2.98. The van der Waals surface area contributed by atoms with E-state index in [0.717, 1.165) is 0 Å². The summed E-state index contributed by atoms with van der Waals surface area (Å²) in [5.74, 6) is 0.142. The van der Waals surface area contributed by atoms with E-state index in [0.29, 0.717) is 13.2 Å². The predicted octanol–water partition coefficient (Wildman–Crippen LogP) is -0.274. The smallest absolute Gasteiger partial charge is 0.149 e. The molecule has 1 atom stereocenters. The van der Waals surface area contributed by atoms with Crippen LogP contribution in [0.1, 0.15) is 6.92 Å². The van der Waals surface area contributed by atoms with Crippen LogP contribution in [0.5, 0.6) is 0 Å². The van der Waals surface area contributed by atoms with Crippen molar-refractivity contribution in [1.82, 2.24) is 5.32 Å². The topological polar surface area (TPSA) is 38.3 Å². The van der Waals surface area contributed by atoms with Gasteiger partial charge >= 0.3 is 0 Å². The molecule has 1 fully saturated rings. The molecule has 3 nitrogen and oxygen atoms in total. The van der Waals surface area contributed by atoms with Crippen molar-refractivity contribution in [2.24, 2.45) is 0 Å². The fraction of sp³-hybridized carbons (Fsp3) is 0.667. The molecule has 1 aliphatic heterocycles. The van der Waals surface area contributed by atoms with Crippen molar-refractivity contribution in [3.8, 4) is 0 Å². The van der Waals surface area contributed by atoms with Crippen LogP contribution < -0.4 is 5.32 Å². The molecular formula is C6H10NO2. The lowest BCUT2D eigenvalue weighted by Gasteiger charge is -2.20. The molecule has 1 unspecified atom stereocenters. The summed E-state index contributed by atoms with van der Waals surface area (Å²) in [6.07, 6.45) is 0. The first-order valence-electron chi connectivity index (χ1n) is 2.98. The minimum Gasteiger partial charge on any atom is -0.372 e. The summed E-state index contributed by atoms with van der Waals surface area (Å²) >= 11 is 0. The van der Waals surface area contributed by atoms with Gasteiger partial charge < -0.3 is 10.1 Å². The number of hydrogen-bond acceptors (Lipinski definition) is 3. The Kier molecular flexibility index (Phi) is 2.19. The Hall–Kier alpha value is -0.410. The zero-order chi connectivity index (χ0) is 6.69. The van der Waals surface area contributed by atoms with Crippen LogP contribution in [0.3, 0.4) is 0 Å². The van der Waals surface area contributed by atoms with Gasteiger partial charge in [-0.2, -0.15) is 0 Å². The lowest BCUT2D eigenvalue weighted by atomic mass is 10.2. The van der Waals surface area contributed by atoms with Crippen LogP contribution in [0, 0.1) is 6.61 Å². The van der Waals surface area contributed by atoms with Gasteiger partial charge in [0.05, 0.1) is 19.3 Å². The zero-order valence-corrected chi connectivity index (χ0v) is 5.39. The van der Waals surface area contributed by atoms with Gasteiger partial charge in [0.1, 0.15) is 5.78 Å². The lowest BCUT2D eigenvalue weighted by molar-refractivity contribution is -0.120. The molecule has 0 aliphatic carbocycles. The molecule has 1 N–H and O–H groups in total. The van der Waals surface area contributed by atoms with Crippen LogP contribution in [0.2, 0.25) is 0 Å². The third-order valence-electron chi connectivity index (χ3n) is 1.32. The van der Waals surface area contributed by atoms with Crippen molar-refractivity contribution in [3.63, 3.8) is 0 Å². The fourth-order valence-electron chi connectivity index (χ4n) is 0.734. The number of carbonyl (C=O) groups excluding carboxylic acids is 1. The molecule has 0 aromatic heterocycles. The van der Waals surface area contributed by atoms with E-state index in [9.17, 15) is 4.79 Å². The van der Waals surface area contributed by atoms with E-state index in [1.54, 1.807) is 13.5 Å². The summed E-state index contributed by atoms with van der Waals surface area (Å²) in [4.78, 5) is 10.6. The van der Waals surface area contributed by atoms with E-state index in [4.69, 9.17) is 4.74 Å². The summed E-state index contributed by atoms with van der Waals surface area (Å²) in [6.45, 7) is 4.38. The van der Waals surface area contributed by atoms with Crippen LogP contribution in [-0.4, -0.2) is 25.0 Å². The average Bonchev–Trinajstić information content (AvgIpc) is 1.90. The second-order valence-corrected chi connectivity index (χ2v) is 2.07. The Morgan fingerprint density at radius 2 is 2.67 bits per heavy atom. The molecule has 0 amide bonds. The minimum absolute atomic E-state index is 0.0880. The molecule has 1 aliphatic rings. The molecule has 0 aromatic carbocycles. The van der Waals surface area contributed by atoms with E-state index in [1.165, 1.54) is 0 Å². The lowest BCUT2D eigenvalue weighted by Crippen LogP contribution is -2.43. The van der Waals surface area contributed by atoms with Crippen molar-refractivity contribution in [1.29, 1.82) is 0 Å². The van der Waals surface area contributed by atoms with Gasteiger partial charge in [-0.05, 0) is 6.92 Å². The van der Waals surface area contributed by atoms with Gasteiger partial charge in [0, 0.05) is 6.54 Å². The highest BCUT2D eigenvalue weighted by Gasteiger charge is 2.16. The Bertz CT molecular complexity index is 108. The van der Waals surface area contributed by atoms with Gasteiger partial charge in [0.15, 0.2) is 0 Å². The van der Waals surface area contributed by atoms with Crippen molar-refractivity contribution < 1.29 is 9.53 Å². The summed E-state index contributed by atoms with van der Waals surface area (Å²) < 4.78 is 4.94. The first-order chi connectivity index (χ1) is 4.30. The monoisotopic (exact) mass is 128 g/mol. The number of carbonyl (C=O) groups is 1. The maximum absolute atomic E-state index is 10.6. The third kappa shape index (κ3) is 1.77. The van der Waals surface area contributed by atoms with Gasteiger partial charge in [-0.25, -0.2) is 0 Å². The molecule has 0 aromatic rings. The standard InChI is InChI=1S/C6H10NO2/c1-5(8)6-4-9-3-2-7-6/h3,6-7H,2,4H2,1H3. The molecule has 1 heterocycles. The van der Waals surface area contributed by atoms with Gasteiger partial charge in [-0.15, -0.1) is 0 Å². The maximum Gasteiger partial charge on any atom is 0.149 e. The molecule has 0 bridgehead atoms. The molecule has 1 rings (SSSR count). The Labute approximate surface area is 54.4 Å². The molecule has 51 valence electrons. The van der Waals surface area contributed by atoms with Crippen LogP contribution >= 0.6 is 0 Å². The second-order valence-electron chi connectivity index (χ2n) is 2.07. The summed E-state index contributed by atoms with van der Waals surface area (Å²) in [6, 6.07) is -0.0880. The highest BCUT2D eigenvalue weighted by molar-refractivity contribution is 5.81. The summed E-state index contributed by atoms with van der Waals surface area (Å²) in [5.41, 5.74) is 0. The number of ketones is 1. The number of nitrogens with one attached hydrogen (secondary N) is 1. The Morgan fingerprint density at radius 1 is 1.89 bits per heavy atom. The van der Waals surface area contributed by atoms with Gasteiger partial charge in [-0.3, -0.25) is 4.79 Å². The van der Waals surface area contributed by atoms with Crippen LogP contribution in [0.25, 0.3) is 0 Å². The van der Waals surface area contributed by atoms with E-state index >= 15 is 0 Å². The van der Waals surface area contributed by atoms with Crippen molar-refractivity contribution in [2.45, 2.75) is 13.0 Å². The average molecular weight is 128 g/mol. The number of morpholine rings is 1. The predicted molar refractivity (Wildman–Crippen MR) is 32.7 cm³/mol. The Balaban J connectivity index is 2.31. The summed E-state index contributed by atoms with van der Waals surface area (Å²) in [5, 5.41) is 2.99. The van der Waals surface area contributed by atoms with E-state index in [-0.39, 0.29) is 11.8 Å². The molecule has 1 radical (unpaired) electrons. The normalized spacial score (nSPS) is 27.9. The first kappa shape index (κ1) is 6.71. The van der Waals surface area contributed by atoms with Gasteiger partial charge in [0.25, 0.3) is 0 Å². The molecule has 9 heavy (non-hydrogen) atoms. The van der Waals surface area contributed by atoms with Crippen molar-refractivity contribution in [2.75, 3.05) is 13.2 Å². The van der Waals surface area contributed by atoms with E-state index < -0.39 is 0 Å². The maximum atomic E-state index is 10.6. The molecule has 0 saturated carbocycles.